The van der Waals surface area contributed by atoms with Gasteiger partial charge in [0.25, 0.3) is 0 Å². The number of hydrogen-bond donors (Lipinski definition) is 2. The third kappa shape index (κ3) is 4.97. The van der Waals surface area contributed by atoms with Gasteiger partial charge in [-0.1, -0.05) is 30.3 Å². The third-order valence-electron chi connectivity index (χ3n) is 4.54. The molecule has 5 nitrogen and oxygen atoms in total. The third-order valence-corrected chi connectivity index (χ3v) is 4.54. The van der Waals surface area contributed by atoms with Crippen LogP contribution in [0.2, 0.25) is 0 Å². The van der Waals surface area contributed by atoms with E-state index in [2.05, 4.69) is 5.32 Å². The fourth-order valence-electron chi connectivity index (χ4n) is 2.84. The van der Waals surface area contributed by atoms with E-state index >= 15 is 0 Å². The van der Waals surface area contributed by atoms with E-state index in [4.69, 9.17) is 15.2 Å². The molecule has 1 unspecified atom stereocenters. The van der Waals surface area contributed by atoms with Gasteiger partial charge in [-0.2, -0.15) is 0 Å². The van der Waals surface area contributed by atoms with Crippen molar-refractivity contribution in [3.63, 3.8) is 0 Å². The van der Waals surface area contributed by atoms with Gasteiger partial charge in [0.15, 0.2) is 0 Å². The molecule has 1 saturated heterocycles. The quantitative estimate of drug-likeness (QED) is 0.836. The van der Waals surface area contributed by atoms with E-state index in [-0.39, 0.29) is 24.4 Å². The highest BCUT2D eigenvalue weighted by molar-refractivity contribution is 5.86. The fourth-order valence-corrected chi connectivity index (χ4v) is 2.84. The van der Waals surface area contributed by atoms with Crippen LogP contribution in [-0.4, -0.2) is 24.7 Å². The Kier molecular flexibility index (Phi) is 7.03. The number of halogens is 1. The maximum atomic E-state index is 12.5. The van der Waals surface area contributed by atoms with Crippen molar-refractivity contribution in [1.82, 2.24) is 5.32 Å². The van der Waals surface area contributed by atoms with Crippen molar-refractivity contribution in [3.8, 4) is 11.5 Å². The summed E-state index contributed by atoms with van der Waals surface area (Å²) in [4.78, 5) is 12.5. The average Bonchev–Trinajstić information content (AvgIpc) is 2.64. The average molecular weight is 377 g/mol. The summed E-state index contributed by atoms with van der Waals surface area (Å²) in [5.74, 6) is 1.43. The Morgan fingerprint density at radius 3 is 2.27 bits per heavy atom. The first-order valence-corrected chi connectivity index (χ1v) is 8.57. The van der Waals surface area contributed by atoms with E-state index in [0.29, 0.717) is 26.1 Å². The van der Waals surface area contributed by atoms with Crippen molar-refractivity contribution in [2.24, 2.45) is 5.73 Å². The molecule has 0 spiro atoms. The Labute approximate surface area is 160 Å². The van der Waals surface area contributed by atoms with E-state index in [9.17, 15) is 4.79 Å². The van der Waals surface area contributed by atoms with E-state index in [0.717, 1.165) is 17.1 Å². The molecule has 3 rings (SSSR count). The summed E-state index contributed by atoms with van der Waals surface area (Å²) < 4.78 is 11.1. The highest BCUT2D eigenvalue weighted by Crippen LogP contribution is 2.24. The van der Waals surface area contributed by atoms with Crippen LogP contribution in [-0.2, 0) is 9.53 Å². The number of amides is 1. The van der Waals surface area contributed by atoms with Crippen LogP contribution in [0.4, 0.5) is 0 Å². The molecule has 2 aromatic rings. The minimum Gasteiger partial charge on any atom is -0.457 e. The predicted octanol–water partition coefficient (Wildman–Crippen LogP) is 3.59. The SMILES string of the molecule is CC(NC(=O)C1(N)CCOCC1)c1ccc(Oc2ccccc2)cc1.Cl. The molecule has 0 radical (unpaired) electrons. The maximum absolute atomic E-state index is 12.5. The van der Waals surface area contributed by atoms with Crippen LogP contribution < -0.4 is 15.8 Å². The number of carbonyl (C=O) groups is 1. The van der Waals surface area contributed by atoms with E-state index in [1.165, 1.54) is 0 Å². The minimum absolute atomic E-state index is 0. The van der Waals surface area contributed by atoms with Crippen LogP contribution >= 0.6 is 12.4 Å². The number of ether oxygens (including phenoxy) is 2. The van der Waals surface area contributed by atoms with Crippen molar-refractivity contribution in [2.75, 3.05) is 13.2 Å². The van der Waals surface area contributed by atoms with Gasteiger partial charge >= 0.3 is 0 Å². The molecule has 1 aliphatic rings. The molecular formula is C20H25ClN2O3. The molecule has 1 atom stereocenters. The van der Waals surface area contributed by atoms with Gasteiger partial charge in [-0.3, -0.25) is 4.79 Å². The standard InChI is InChI=1S/C20H24N2O3.ClH/c1-15(22-19(23)20(21)11-13-24-14-12-20)16-7-9-18(10-8-16)25-17-5-3-2-4-6-17;/h2-10,15H,11-14,21H2,1H3,(H,22,23);1H. The zero-order chi connectivity index (χ0) is 17.7. The number of carbonyl (C=O) groups excluding carboxylic acids is 1. The molecule has 0 aliphatic carbocycles. The van der Waals surface area contributed by atoms with Gasteiger partial charge in [-0.05, 0) is 49.6 Å². The number of rotatable bonds is 5. The van der Waals surface area contributed by atoms with E-state index < -0.39 is 5.54 Å². The Hall–Kier alpha value is -2.08. The number of para-hydroxylation sites is 1. The van der Waals surface area contributed by atoms with Crippen LogP contribution in [0.3, 0.4) is 0 Å². The lowest BCUT2D eigenvalue weighted by Gasteiger charge is -2.33. The summed E-state index contributed by atoms with van der Waals surface area (Å²) in [6.07, 6.45) is 1.10. The van der Waals surface area contributed by atoms with Gasteiger partial charge in [0.2, 0.25) is 5.91 Å². The largest absolute Gasteiger partial charge is 0.457 e. The second kappa shape index (κ2) is 9.03. The lowest BCUT2D eigenvalue weighted by atomic mass is 9.90. The normalized spacial score (nSPS) is 16.8. The summed E-state index contributed by atoms with van der Waals surface area (Å²) in [5.41, 5.74) is 6.40. The second-order valence-electron chi connectivity index (χ2n) is 6.45. The van der Waals surface area contributed by atoms with Crippen molar-refractivity contribution in [1.29, 1.82) is 0 Å². The minimum atomic E-state index is -0.830. The Morgan fingerprint density at radius 1 is 1.08 bits per heavy atom. The topological polar surface area (TPSA) is 73.6 Å². The van der Waals surface area contributed by atoms with Crippen molar-refractivity contribution >= 4 is 18.3 Å². The van der Waals surface area contributed by atoms with Gasteiger partial charge in [-0.15, -0.1) is 12.4 Å². The highest BCUT2D eigenvalue weighted by Gasteiger charge is 2.36. The smallest absolute Gasteiger partial charge is 0.240 e. The zero-order valence-corrected chi connectivity index (χ0v) is 15.6. The number of nitrogens with one attached hydrogen (secondary N) is 1. The first-order valence-electron chi connectivity index (χ1n) is 8.57. The predicted molar refractivity (Wildman–Crippen MR) is 104 cm³/mol. The number of hydrogen-bond acceptors (Lipinski definition) is 4. The summed E-state index contributed by atoms with van der Waals surface area (Å²) in [5, 5.41) is 3.02. The monoisotopic (exact) mass is 376 g/mol. The molecule has 0 aromatic heterocycles. The van der Waals surface area contributed by atoms with Crippen LogP contribution in [0.25, 0.3) is 0 Å². The van der Waals surface area contributed by atoms with Gasteiger partial charge in [0.1, 0.15) is 11.5 Å². The second-order valence-corrected chi connectivity index (χ2v) is 6.45. The molecule has 3 N–H and O–H groups in total. The first-order chi connectivity index (χ1) is 12.1. The lowest BCUT2D eigenvalue weighted by Crippen LogP contribution is -2.57. The van der Waals surface area contributed by atoms with E-state index in [1.807, 2.05) is 61.5 Å². The van der Waals surface area contributed by atoms with Crippen LogP contribution in [0.15, 0.2) is 54.6 Å². The molecule has 1 aliphatic heterocycles. The van der Waals surface area contributed by atoms with E-state index in [1.54, 1.807) is 0 Å². The Bertz CT molecular complexity index is 701. The summed E-state index contributed by atoms with van der Waals surface area (Å²) in [6.45, 7) is 3.02. The molecule has 1 heterocycles. The maximum Gasteiger partial charge on any atom is 0.240 e. The van der Waals surface area contributed by atoms with Crippen LogP contribution in [0.1, 0.15) is 31.4 Å². The molecular weight excluding hydrogens is 352 g/mol. The molecule has 6 heteroatoms. The zero-order valence-electron chi connectivity index (χ0n) is 14.8. The highest BCUT2D eigenvalue weighted by atomic mass is 35.5. The molecule has 0 bridgehead atoms. The molecule has 140 valence electrons. The van der Waals surface area contributed by atoms with Crippen LogP contribution in [0.5, 0.6) is 11.5 Å². The Morgan fingerprint density at radius 2 is 1.65 bits per heavy atom. The fraction of sp³-hybridized carbons (Fsp3) is 0.350. The number of benzene rings is 2. The van der Waals surface area contributed by atoms with Gasteiger partial charge in [0, 0.05) is 13.2 Å². The van der Waals surface area contributed by atoms with Crippen molar-refractivity contribution in [3.05, 3.63) is 60.2 Å². The van der Waals surface area contributed by atoms with Crippen molar-refractivity contribution < 1.29 is 14.3 Å². The number of nitrogens with two attached hydrogens (primary N) is 1. The summed E-state index contributed by atoms with van der Waals surface area (Å²) in [7, 11) is 0. The lowest BCUT2D eigenvalue weighted by molar-refractivity contribution is -0.130. The summed E-state index contributed by atoms with van der Waals surface area (Å²) in [6, 6.07) is 17.2. The first kappa shape index (κ1) is 20.2. The Balaban J connectivity index is 0.00000243. The molecule has 0 saturated carbocycles. The van der Waals surface area contributed by atoms with Gasteiger partial charge in [0.05, 0.1) is 11.6 Å². The molecule has 26 heavy (non-hydrogen) atoms. The molecule has 2 aromatic carbocycles. The van der Waals surface area contributed by atoms with Gasteiger partial charge in [-0.25, -0.2) is 0 Å². The van der Waals surface area contributed by atoms with Crippen LogP contribution in [0, 0.1) is 0 Å². The molecule has 1 amide bonds. The van der Waals surface area contributed by atoms with Crippen molar-refractivity contribution in [2.45, 2.75) is 31.3 Å². The molecule has 1 fully saturated rings. The van der Waals surface area contributed by atoms with Gasteiger partial charge < -0.3 is 20.5 Å². The summed E-state index contributed by atoms with van der Waals surface area (Å²) >= 11 is 0.